The van der Waals surface area contributed by atoms with Crippen molar-refractivity contribution in [2.24, 2.45) is 0 Å². The van der Waals surface area contributed by atoms with Crippen LogP contribution in [0, 0.1) is 6.92 Å². The minimum absolute atomic E-state index is 0.0529. The van der Waals surface area contributed by atoms with Crippen LogP contribution in [0.4, 0.5) is 0 Å². The van der Waals surface area contributed by atoms with Gasteiger partial charge in [-0.15, -0.1) is 0 Å². The lowest BCUT2D eigenvalue weighted by Gasteiger charge is -2.14. The molecule has 0 unspecified atom stereocenters. The Balaban J connectivity index is 0.00000183. The number of pyridine rings is 1. The topological polar surface area (TPSA) is 34.4 Å². The standard InChI is InChI=1S/C48H32N2O.C2H6/c1-3-9-30-16-20-36(24-29(30)2)39-22-23-41-45-40(39)14-8-15-42(45)48(51)50-46-43(37-21-18-32-11-5-7-13-34(32)26-37)27-38(28-44(46)49-47(41)50)35-19-17-31-10-4-6-12-33(31)25-35;1-2/h3-28H,1-2H3;1-2H3/b9-3-;. The van der Waals surface area contributed by atoms with Crippen LogP contribution in [-0.2, 0) is 0 Å². The molecule has 0 saturated carbocycles. The van der Waals surface area contributed by atoms with E-state index in [1.165, 1.54) is 27.3 Å². The van der Waals surface area contributed by atoms with Gasteiger partial charge < -0.3 is 0 Å². The Labute approximate surface area is 308 Å². The third-order valence-corrected chi connectivity index (χ3v) is 10.5. The summed E-state index contributed by atoms with van der Waals surface area (Å²) in [4.78, 5) is 20.1. The van der Waals surface area contributed by atoms with Crippen molar-refractivity contribution in [3.05, 3.63) is 173 Å². The Bertz CT molecular complexity index is 3130. The summed E-state index contributed by atoms with van der Waals surface area (Å²) >= 11 is 0. The van der Waals surface area contributed by atoms with E-state index in [0.29, 0.717) is 11.0 Å². The molecule has 0 bridgehead atoms. The maximum absolute atomic E-state index is 14.8. The molecule has 3 nitrogen and oxygen atoms in total. The summed E-state index contributed by atoms with van der Waals surface area (Å²) in [6.45, 7) is 8.19. The summed E-state index contributed by atoms with van der Waals surface area (Å²) in [6.07, 6.45) is 4.20. The molecule has 2 heterocycles. The van der Waals surface area contributed by atoms with E-state index in [4.69, 9.17) is 4.98 Å². The average Bonchev–Trinajstić information content (AvgIpc) is 3.61. The Morgan fingerprint density at radius 3 is 1.91 bits per heavy atom. The molecule has 3 heteroatoms. The minimum atomic E-state index is -0.0529. The van der Waals surface area contributed by atoms with Crippen LogP contribution in [0.3, 0.4) is 0 Å². The summed E-state index contributed by atoms with van der Waals surface area (Å²) < 4.78 is 1.86. The highest BCUT2D eigenvalue weighted by Gasteiger charge is 2.21. The lowest BCUT2D eigenvalue weighted by Crippen LogP contribution is -2.13. The Hall–Kier alpha value is -6.58. The van der Waals surface area contributed by atoms with Crippen molar-refractivity contribution >= 4 is 65.8 Å². The van der Waals surface area contributed by atoms with Crippen LogP contribution >= 0.6 is 0 Å². The molecule has 10 aromatic rings. The van der Waals surface area contributed by atoms with Crippen LogP contribution < -0.4 is 5.56 Å². The van der Waals surface area contributed by atoms with Crippen LogP contribution in [0.15, 0.2) is 156 Å². The number of imidazole rings is 1. The van der Waals surface area contributed by atoms with Gasteiger partial charge in [-0.05, 0) is 116 Å². The van der Waals surface area contributed by atoms with E-state index in [1.54, 1.807) is 0 Å². The number of nitrogens with zero attached hydrogens (tertiary/aromatic N) is 2. The van der Waals surface area contributed by atoms with Crippen LogP contribution in [0.25, 0.3) is 99.2 Å². The van der Waals surface area contributed by atoms with Gasteiger partial charge in [0.25, 0.3) is 5.56 Å². The first kappa shape index (κ1) is 32.3. The molecule has 0 aliphatic rings. The zero-order valence-electron chi connectivity index (χ0n) is 30.3. The molecule has 0 saturated heterocycles. The molecular formula is C50H38N2O. The maximum Gasteiger partial charge on any atom is 0.264 e. The monoisotopic (exact) mass is 682 g/mol. The predicted molar refractivity (Wildman–Crippen MR) is 227 cm³/mol. The number of rotatable bonds is 4. The van der Waals surface area contributed by atoms with Crippen molar-refractivity contribution in [1.82, 2.24) is 9.38 Å². The lowest BCUT2D eigenvalue weighted by atomic mass is 9.92. The van der Waals surface area contributed by atoms with Crippen LogP contribution in [0.1, 0.15) is 31.9 Å². The van der Waals surface area contributed by atoms with E-state index in [9.17, 15) is 4.79 Å². The number of aryl methyl sites for hydroxylation is 1. The first-order chi connectivity index (χ1) is 26.1. The SMILES string of the molecule is C/C=C\c1ccc(-c2ccc3c4c2cccc4c(=O)n2c3nc3cc(-c4ccc5ccccc5c4)cc(-c4ccc5ccccc5c4)c32)cc1C.CC. The zero-order valence-corrected chi connectivity index (χ0v) is 30.3. The van der Waals surface area contributed by atoms with E-state index in [0.717, 1.165) is 66.0 Å². The van der Waals surface area contributed by atoms with Gasteiger partial charge >= 0.3 is 0 Å². The van der Waals surface area contributed by atoms with Crippen molar-refractivity contribution in [3.63, 3.8) is 0 Å². The second-order valence-corrected chi connectivity index (χ2v) is 13.6. The molecule has 10 rings (SSSR count). The molecule has 53 heavy (non-hydrogen) atoms. The van der Waals surface area contributed by atoms with Gasteiger partial charge in [-0.2, -0.15) is 0 Å². The number of benzene rings is 8. The van der Waals surface area contributed by atoms with Gasteiger partial charge in [0, 0.05) is 21.7 Å². The van der Waals surface area contributed by atoms with Crippen LogP contribution in [0.2, 0.25) is 0 Å². The van der Waals surface area contributed by atoms with E-state index < -0.39 is 0 Å². The molecule has 0 aliphatic heterocycles. The van der Waals surface area contributed by atoms with Gasteiger partial charge in [0.15, 0.2) is 0 Å². The lowest BCUT2D eigenvalue weighted by molar-refractivity contribution is 1.19. The van der Waals surface area contributed by atoms with Crippen LogP contribution in [-0.4, -0.2) is 9.38 Å². The van der Waals surface area contributed by atoms with Crippen LogP contribution in [0.5, 0.6) is 0 Å². The maximum atomic E-state index is 14.8. The van der Waals surface area contributed by atoms with Crippen molar-refractivity contribution in [2.45, 2.75) is 27.7 Å². The number of hydrogen-bond acceptors (Lipinski definition) is 2. The smallest absolute Gasteiger partial charge is 0.264 e. The fourth-order valence-corrected chi connectivity index (χ4v) is 8.05. The predicted octanol–water partition coefficient (Wildman–Crippen LogP) is 13.3. The number of aromatic nitrogens is 2. The Kier molecular flexibility index (Phi) is 7.86. The van der Waals surface area contributed by atoms with Crippen molar-refractivity contribution in [2.75, 3.05) is 0 Å². The van der Waals surface area contributed by atoms with Gasteiger partial charge in [0.2, 0.25) is 0 Å². The highest BCUT2D eigenvalue weighted by molar-refractivity contribution is 6.19. The molecule has 8 aromatic carbocycles. The van der Waals surface area contributed by atoms with E-state index in [-0.39, 0.29) is 5.56 Å². The van der Waals surface area contributed by atoms with E-state index in [2.05, 4.69) is 153 Å². The highest BCUT2D eigenvalue weighted by atomic mass is 16.1. The highest BCUT2D eigenvalue weighted by Crippen LogP contribution is 2.40. The van der Waals surface area contributed by atoms with Gasteiger partial charge in [0.1, 0.15) is 5.65 Å². The van der Waals surface area contributed by atoms with Gasteiger partial charge in [-0.1, -0.05) is 135 Å². The third kappa shape index (κ3) is 5.19. The largest absolute Gasteiger partial charge is 0.268 e. The van der Waals surface area contributed by atoms with Gasteiger partial charge in [0.05, 0.1) is 11.0 Å². The molecule has 0 amide bonds. The Morgan fingerprint density at radius 1 is 0.547 bits per heavy atom. The summed E-state index contributed by atoms with van der Waals surface area (Å²) in [6, 6.07) is 51.4. The summed E-state index contributed by atoms with van der Waals surface area (Å²) in [7, 11) is 0. The summed E-state index contributed by atoms with van der Waals surface area (Å²) in [5.74, 6) is 0. The molecule has 0 N–H and O–H groups in total. The Morgan fingerprint density at radius 2 is 1.19 bits per heavy atom. The van der Waals surface area contributed by atoms with Crippen molar-refractivity contribution < 1.29 is 0 Å². The van der Waals surface area contributed by atoms with E-state index >= 15 is 0 Å². The molecule has 2 aromatic heterocycles. The zero-order chi connectivity index (χ0) is 36.2. The fourth-order valence-electron chi connectivity index (χ4n) is 8.05. The molecular weight excluding hydrogens is 645 g/mol. The quantitative estimate of drug-likeness (QED) is 0.185. The average molecular weight is 683 g/mol. The van der Waals surface area contributed by atoms with Gasteiger partial charge in [-0.25, -0.2) is 4.98 Å². The molecule has 0 fully saturated rings. The second kappa shape index (κ2) is 12.9. The second-order valence-electron chi connectivity index (χ2n) is 13.6. The number of hydrogen-bond donors (Lipinski definition) is 0. The van der Waals surface area contributed by atoms with Gasteiger partial charge in [-0.3, -0.25) is 9.20 Å². The minimum Gasteiger partial charge on any atom is -0.268 e. The number of allylic oxidation sites excluding steroid dienone is 1. The summed E-state index contributed by atoms with van der Waals surface area (Å²) in [5, 5.41) is 8.40. The molecule has 0 aliphatic carbocycles. The molecule has 0 radical (unpaired) electrons. The molecule has 0 atom stereocenters. The van der Waals surface area contributed by atoms with E-state index in [1.807, 2.05) is 37.3 Å². The first-order valence-electron chi connectivity index (χ1n) is 18.4. The summed E-state index contributed by atoms with van der Waals surface area (Å²) in [5.41, 5.74) is 11.1. The fraction of sp³-hybridized carbons (Fsp3) is 0.0800. The number of fused-ring (bicyclic) bond motifs is 6. The molecule has 254 valence electrons. The first-order valence-corrected chi connectivity index (χ1v) is 18.4. The third-order valence-electron chi connectivity index (χ3n) is 10.5. The van der Waals surface area contributed by atoms with Crippen molar-refractivity contribution in [3.8, 4) is 33.4 Å². The van der Waals surface area contributed by atoms with Crippen molar-refractivity contribution in [1.29, 1.82) is 0 Å². The molecule has 0 spiro atoms. The normalized spacial score (nSPS) is 11.8.